The zero-order chi connectivity index (χ0) is 61.7. The number of carboxylic acids is 2. The van der Waals surface area contributed by atoms with Crippen molar-refractivity contribution in [3.05, 3.63) is 44.8 Å². The van der Waals surface area contributed by atoms with Crippen molar-refractivity contribution < 1.29 is 59.0 Å². The number of carbonyl (C=O) groups excluding carboxylic acids is 4. The molecule has 4 amide bonds. The topological polar surface area (TPSA) is 269 Å². The maximum Gasteiger partial charge on any atom is 0.415 e. The van der Waals surface area contributed by atoms with Crippen molar-refractivity contribution in [1.29, 1.82) is 0 Å². The van der Waals surface area contributed by atoms with Crippen molar-refractivity contribution in [3.8, 4) is 17.2 Å². The van der Waals surface area contributed by atoms with Crippen molar-refractivity contribution in [2.75, 3.05) is 39.0 Å². The number of nitrogens with zero attached hydrogens (tertiary/aromatic N) is 4. The largest absolute Gasteiger partial charge is 0.507 e. The van der Waals surface area contributed by atoms with Gasteiger partial charge in [-0.15, -0.1) is 23.1 Å². The van der Waals surface area contributed by atoms with E-state index in [2.05, 4.69) is 54.5 Å². The van der Waals surface area contributed by atoms with Crippen molar-refractivity contribution in [3.63, 3.8) is 0 Å². The van der Waals surface area contributed by atoms with Crippen LogP contribution in [0.1, 0.15) is 173 Å². The van der Waals surface area contributed by atoms with Crippen molar-refractivity contribution >= 4 is 87.3 Å². The highest BCUT2D eigenvalue weighted by Crippen LogP contribution is 2.68. The summed E-state index contributed by atoms with van der Waals surface area (Å²) in [7, 11) is 1.62. The van der Waals surface area contributed by atoms with E-state index in [9.17, 15) is 54.3 Å². The number of fused-ring (bicyclic) bond motifs is 6. The summed E-state index contributed by atoms with van der Waals surface area (Å²) in [6, 6.07) is 3.19. The molecular formula is C65H92N6O12S2. The molecule has 0 saturated heterocycles. The summed E-state index contributed by atoms with van der Waals surface area (Å²) in [5.74, 6) is 1.37. The molecule has 1 aromatic heterocycles. The average Bonchev–Trinajstić information content (AvgIpc) is 1.83. The Bertz CT molecular complexity index is 3110. The molecule has 0 bridgehead atoms. The van der Waals surface area contributed by atoms with Gasteiger partial charge in [0.25, 0.3) is 0 Å². The van der Waals surface area contributed by atoms with Gasteiger partial charge in [0.2, 0.25) is 17.7 Å². The number of aliphatic hydroxyl groups excluding tert-OH is 1. The Morgan fingerprint density at radius 2 is 1.60 bits per heavy atom. The van der Waals surface area contributed by atoms with Gasteiger partial charge in [-0.2, -0.15) is 0 Å². The highest BCUT2D eigenvalue weighted by Gasteiger charge is 2.60. The van der Waals surface area contributed by atoms with Crippen LogP contribution < -0.4 is 25.8 Å². The lowest BCUT2D eigenvalue weighted by Crippen LogP contribution is -2.54. The van der Waals surface area contributed by atoms with Gasteiger partial charge in [0.1, 0.15) is 33.3 Å². The molecule has 85 heavy (non-hydrogen) atoms. The Morgan fingerprint density at radius 3 is 2.33 bits per heavy atom. The fraction of sp³-hybridized carbons (Fsp3) is 0.662. The number of aromatic nitrogens is 1. The fourth-order valence-corrected chi connectivity index (χ4v) is 17.8. The number of unbranched alkanes of at least 4 members (excludes halogenated alkanes) is 3. The molecule has 5 aliphatic rings. The van der Waals surface area contributed by atoms with Crippen molar-refractivity contribution in [2.45, 2.75) is 187 Å². The van der Waals surface area contributed by atoms with E-state index in [0.717, 1.165) is 37.5 Å². The number of thioether (sulfide) groups is 1. The maximum atomic E-state index is 13.9. The van der Waals surface area contributed by atoms with Crippen LogP contribution in [0.5, 0.6) is 17.2 Å². The molecule has 4 aliphatic carbocycles. The first kappa shape index (κ1) is 65.2. The zero-order valence-electron chi connectivity index (χ0n) is 51.0. The van der Waals surface area contributed by atoms with Crippen LogP contribution >= 0.6 is 23.1 Å². The second-order valence-electron chi connectivity index (χ2n) is 26.6. The highest BCUT2D eigenvalue weighted by molar-refractivity contribution is 8.15. The third kappa shape index (κ3) is 14.8. The number of carbonyl (C=O) groups is 6. The smallest absolute Gasteiger partial charge is 0.415 e. The number of hydrogen-bond donors (Lipinski definition) is 7. The number of hydrogen-bond acceptors (Lipinski definition) is 14. The van der Waals surface area contributed by atoms with Gasteiger partial charge in [0.05, 0.1) is 16.3 Å². The van der Waals surface area contributed by atoms with Crippen LogP contribution in [0.4, 0.5) is 4.79 Å². The second kappa shape index (κ2) is 27.5. The van der Waals surface area contributed by atoms with Crippen LogP contribution in [0.2, 0.25) is 0 Å². The molecule has 3 aromatic rings. The van der Waals surface area contributed by atoms with Crippen molar-refractivity contribution in [1.82, 2.24) is 25.4 Å². The number of rotatable bonds is 26. The number of amides is 4. The molecule has 2 aromatic carbocycles. The predicted octanol–water partition coefficient (Wildman–Crippen LogP) is 9.26. The van der Waals surface area contributed by atoms with Crippen LogP contribution in [0.15, 0.2) is 23.2 Å². The van der Waals surface area contributed by atoms with E-state index in [1.807, 2.05) is 0 Å². The van der Waals surface area contributed by atoms with Crippen LogP contribution in [0.25, 0.3) is 23.4 Å². The van der Waals surface area contributed by atoms with Gasteiger partial charge in [-0.3, -0.25) is 19.4 Å². The zero-order valence-corrected chi connectivity index (χ0v) is 52.6. The number of likely N-dealkylation sites (N-methyl/N-ethyl adjacent to an activating group) is 1. The number of benzene rings is 2. The molecule has 20 heteroatoms. The summed E-state index contributed by atoms with van der Waals surface area (Å²) in [5, 5.41) is 59.0. The summed E-state index contributed by atoms with van der Waals surface area (Å²) in [4.78, 5) is 89.6. The number of phenols is 2. The third-order valence-corrected chi connectivity index (χ3v) is 22.9. The van der Waals surface area contributed by atoms with Gasteiger partial charge >= 0.3 is 18.0 Å². The van der Waals surface area contributed by atoms with Crippen LogP contribution in [0.3, 0.4) is 0 Å². The number of carboxylic acid groups (broad SMARTS) is 2. The van der Waals surface area contributed by atoms with Crippen LogP contribution in [-0.4, -0.2) is 138 Å². The molecule has 4 fully saturated rings. The van der Waals surface area contributed by atoms with Gasteiger partial charge < -0.3 is 50.7 Å². The number of aromatic hydroxyl groups is 2. The number of aliphatic carboxylic acids is 2. The van der Waals surface area contributed by atoms with Crippen LogP contribution in [-0.2, 0) is 29.4 Å². The molecule has 0 radical (unpaired) electrons. The van der Waals surface area contributed by atoms with Crippen LogP contribution in [0, 0.1) is 53.3 Å². The maximum absolute atomic E-state index is 13.9. The first-order valence-corrected chi connectivity index (χ1v) is 32.8. The number of thiazole rings is 1. The van der Waals surface area contributed by atoms with E-state index in [1.165, 1.54) is 71.4 Å². The molecule has 466 valence electrons. The average molecular weight is 1210 g/mol. The molecule has 4 saturated carbocycles. The highest BCUT2D eigenvalue weighted by atomic mass is 32.2. The lowest BCUT2D eigenvalue weighted by Gasteiger charge is -2.61. The van der Waals surface area contributed by atoms with Gasteiger partial charge in [0.15, 0.2) is 6.04 Å². The Hall–Kier alpha value is -5.73. The SMILES string of the molecule is C=c1c(C)c(O)c(=C)c(C(C)(C)CC(=O)N(C)CCN(CCCCCC(=O)NCCCCC(NC(=O)CC[C@@H](C)[C@H]2CC[C@H]3[C@@H]4CC[C@@H]5C[C@H](O)CC[C@]5(C)[C@H]4CC[C@]23C)C(=O)O)C(=O)Oc2ccc3nc(C4=NC(C(=O)O)CS4)sc3c2)c1O. The first-order chi connectivity index (χ1) is 40.2. The van der Waals surface area contributed by atoms with Gasteiger partial charge in [-0.1, -0.05) is 54.2 Å². The number of aliphatic imine (C=N–C) groups is 1. The molecule has 2 heterocycles. The number of nitrogens with one attached hydrogen (secondary N) is 2. The standard InChI is InChI=1S/C65H92N6O12S2/c1-37(45-21-22-46-44-20-18-41-33-42(72)25-27-64(41,7)47(44)26-28-65(45,46)8)17-24-53(74)67-49(60(78)79)15-12-13-29-66-52(73)16-11-10-14-30-71(32-31-70(9)54(75)35-63(5,6)55-40(4)56(76)38(2)39(3)57(55)77)62(82)83-43-19-23-48-51(34-43)85-59(68-48)58-69-50(36-84-58)61(80)81/h19,23,34,37,41-42,44-47,49-50,72,76-77H,3-4,10-18,20-22,24-33,35-36H2,1-2,5-9H3,(H,66,73)(H,67,74)(H,78,79)(H,80,81)/t37-,41-,42-,44+,45-,46+,47+,49?,50?,64+,65-/m1/s1. The van der Waals surface area contributed by atoms with Crippen molar-refractivity contribution in [2.24, 2.45) is 51.3 Å². The van der Waals surface area contributed by atoms with E-state index in [1.54, 1.807) is 46.0 Å². The normalized spacial score (nSPS) is 26.1. The molecule has 11 atom stereocenters. The molecular weight excluding hydrogens is 1120 g/mol. The monoisotopic (exact) mass is 1210 g/mol. The lowest BCUT2D eigenvalue weighted by atomic mass is 9.44. The molecule has 8 rings (SSSR count). The minimum absolute atomic E-state index is 0.0517. The molecule has 2 unspecified atom stereocenters. The molecule has 1 aliphatic heterocycles. The van der Waals surface area contributed by atoms with E-state index in [-0.39, 0.29) is 95.8 Å². The molecule has 7 N–H and O–H groups in total. The fourth-order valence-electron chi connectivity index (χ4n) is 15.7. The second-order valence-corrected chi connectivity index (χ2v) is 28.6. The number of phenolic OH excluding ortho intramolecular Hbond substituents is 2. The van der Waals surface area contributed by atoms with E-state index >= 15 is 0 Å². The minimum atomic E-state index is -1.07. The van der Waals surface area contributed by atoms with E-state index in [0.29, 0.717) is 111 Å². The Balaban J connectivity index is 0.768. The molecule has 18 nitrogen and oxygen atoms in total. The Kier molecular flexibility index (Phi) is 21.1. The van der Waals surface area contributed by atoms with Gasteiger partial charge in [-0.05, 0) is 162 Å². The summed E-state index contributed by atoms with van der Waals surface area (Å²) in [5.41, 5.74) is 1.01. The quantitative estimate of drug-likeness (QED) is 0.0292. The Labute approximate surface area is 508 Å². The number of ether oxygens (including phenoxy) is 1. The summed E-state index contributed by atoms with van der Waals surface area (Å²) in [6.45, 7) is 21.3. The van der Waals surface area contributed by atoms with Gasteiger partial charge in [0, 0.05) is 91.3 Å². The minimum Gasteiger partial charge on any atom is -0.507 e. The third-order valence-electron chi connectivity index (χ3n) is 20.7. The summed E-state index contributed by atoms with van der Waals surface area (Å²) < 4.78 is 6.62. The first-order valence-electron chi connectivity index (χ1n) is 31.0. The predicted molar refractivity (Wildman–Crippen MR) is 332 cm³/mol. The lowest BCUT2D eigenvalue weighted by molar-refractivity contribution is -0.142. The number of aliphatic hydroxyl groups is 1. The molecule has 0 spiro atoms. The van der Waals surface area contributed by atoms with E-state index in [4.69, 9.17) is 4.74 Å². The van der Waals surface area contributed by atoms with E-state index < -0.39 is 35.5 Å². The Morgan fingerprint density at radius 1 is 0.859 bits per heavy atom. The summed E-state index contributed by atoms with van der Waals surface area (Å²) in [6.07, 6.45) is 13.8. The van der Waals surface area contributed by atoms with Gasteiger partial charge in [-0.25, -0.2) is 19.4 Å². The summed E-state index contributed by atoms with van der Waals surface area (Å²) >= 11 is 2.64.